The van der Waals surface area contributed by atoms with Gasteiger partial charge in [-0.3, -0.25) is 9.78 Å². The van der Waals surface area contributed by atoms with E-state index in [-0.39, 0.29) is 6.42 Å². The van der Waals surface area contributed by atoms with E-state index in [0.717, 1.165) is 17.0 Å². The molecule has 0 saturated heterocycles. The molecule has 2 aromatic rings. The first-order chi connectivity index (χ1) is 9.15. The lowest BCUT2D eigenvalue weighted by Crippen LogP contribution is -2.02. The lowest BCUT2D eigenvalue weighted by atomic mass is 10.1. The highest BCUT2D eigenvalue weighted by Crippen LogP contribution is 2.17. The van der Waals surface area contributed by atoms with Crippen LogP contribution >= 0.6 is 0 Å². The van der Waals surface area contributed by atoms with E-state index in [1.165, 1.54) is 0 Å². The van der Waals surface area contributed by atoms with Gasteiger partial charge in [0.05, 0.1) is 5.69 Å². The minimum atomic E-state index is -0.790. The summed E-state index contributed by atoms with van der Waals surface area (Å²) in [5.74, 6) is -0.102. The average Bonchev–Trinajstić information content (AvgIpc) is 2.39. The Hall–Kier alpha value is -2.30. The van der Waals surface area contributed by atoms with Crippen LogP contribution in [-0.2, 0) is 11.2 Å². The second kappa shape index (κ2) is 6.04. The van der Waals surface area contributed by atoms with Gasteiger partial charge in [-0.15, -0.1) is 0 Å². The molecule has 1 N–H and O–H groups in total. The Morgan fingerprint density at radius 3 is 2.68 bits per heavy atom. The van der Waals surface area contributed by atoms with Gasteiger partial charge < -0.3 is 5.11 Å². The van der Waals surface area contributed by atoms with E-state index in [1.54, 1.807) is 12.4 Å². The van der Waals surface area contributed by atoms with Crippen molar-refractivity contribution in [1.82, 2.24) is 15.0 Å². The number of carboxylic acids is 1. The van der Waals surface area contributed by atoms with Gasteiger partial charge in [0.1, 0.15) is 5.82 Å². The second-order valence-electron chi connectivity index (χ2n) is 4.29. The summed E-state index contributed by atoms with van der Waals surface area (Å²) in [6.45, 7) is 1.91. The van der Waals surface area contributed by atoms with Gasteiger partial charge in [-0.1, -0.05) is 0 Å². The van der Waals surface area contributed by atoms with Crippen LogP contribution in [0.5, 0.6) is 0 Å². The SMILES string of the molecule is Cc1cc(-c2ccncc2)nc(CCCC(=O)O)n1. The summed E-state index contributed by atoms with van der Waals surface area (Å²) in [6.07, 6.45) is 4.70. The minimum absolute atomic E-state index is 0.141. The number of carboxylic acid groups (broad SMARTS) is 1. The van der Waals surface area contributed by atoms with Crippen LogP contribution in [-0.4, -0.2) is 26.0 Å². The molecule has 0 amide bonds. The summed E-state index contributed by atoms with van der Waals surface area (Å²) < 4.78 is 0. The molecule has 0 spiro atoms. The predicted octanol–water partition coefficient (Wildman–Crippen LogP) is 2.25. The van der Waals surface area contributed by atoms with E-state index in [0.29, 0.717) is 18.7 Å². The standard InChI is InChI=1S/C14H15N3O2/c1-10-9-12(11-5-7-15-8-6-11)17-13(16-10)3-2-4-14(18)19/h5-9H,2-4H2,1H3,(H,18,19). The number of aryl methyl sites for hydroxylation is 2. The zero-order valence-electron chi connectivity index (χ0n) is 10.7. The number of nitrogens with zero attached hydrogens (tertiary/aromatic N) is 3. The van der Waals surface area contributed by atoms with Gasteiger partial charge in [-0.2, -0.15) is 0 Å². The van der Waals surface area contributed by atoms with Crippen molar-refractivity contribution in [2.45, 2.75) is 26.2 Å². The number of aliphatic carboxylic acids is 1. The monoisotopic (exact) mass is 257 g/mol. The molecule has 0 unspecified atom stereocenters. The molecule has 0 fully saturated rings. The third-order valence-electron chi connectivity index (χ3n) is 2.67. The Morgan fingerprint density at radius 1 is 1.26 bits per heavy atom. The first kappa shape index (κ1) is 13.1. The van der Waals surface area contributed by atoms with E-state index in [2.05, 4.69) is 15.0 Å². The maximum Gasteiger partial charge on any atom is 0.303 e. The number of aromatic nitrogens is 3. The maximum atomic E-state index is 10.5. The molecule has 0 aliphatic rings. The molecule has 19 heavy (non-hydrogen) atoms. The Balaban J connectivity index is 2.18. The van der Waals surface area contributed by atoms with Crippen molar-refractivity contribution in [3.05, 3.63) is 42.1 Å². The highest BCUT2D eigenvalue weighted by molar-refractivity contribution is 5.66. The smallest absolute Gasteiger partial charge is 0.303 e. The first-order valence-corrected chi connectivity index (χ1v) is 6.12. The number of hydrogen-bond donors (Lipinski definition) is 1. The van der Waals surface area contributed by atoms with E-state index < -0.39 is 5.97 Å². The Bertz CT molecular complexity index is 570. The van der Waals surface area contributed by atoms with Gasteiger partial charge in [0.2, 0.25) is 0 Å². The van der Waals surface area contributed by atoms with Gasteiger partial charge in [0.25, 0.3) is 0 Å². The van der Waals surface area contributed by atoms with Crippen LogP contribution < -0.4 is 0 Å². The molecule has 0 saturated carbocycles. The number of pyridine rings is 1. The van der Waals surface area contributed by atoms with Crippen molar-refractivity contribution in [3.63, 3.8) is 0 Å². The molecular formula is C14H15N3O2. The predicted molar refractivity (Wildman–Crippen MR) is 70.6 cm³/mol. The summed E-state index contributed by atoms with van der Waals surface area (Å²) in [5.41, 5.74) is 2.72. The third-order valence-corrected chi connectivity index (χ3v) is 2.67. The highest BCUT2D eigenvalue weighted by Gasteiger charge is 2.05. The molecule has 0 aliphatic carbocycles. The fourth-order valence-electron chi connectivity index (χ4n) is 1.81. The molecule has 2 rings (SSSR count). The summed E-state index contributed by atoms with van der Waals surface area (Å²) in [6, 6.07) is 5.70. The van der Waals surface area contributed by atoms with Crippen LogP contribution in [0.1, 0.15) is 24.4 Å². The lowest BCUT2D eigenvalue weighted by Gasteiger charge is -2.05. The van der Waals surface area contributed by atoms with Crippen molar-refractivity contribution in [1.29, 1.82) is 0 Å². The maximum absolute atomic E-state index is 10.5. The van der Waals surface area contributed by atoms with Gasteiger partial charge in [-0.25, -0.2) is 9.97 Å². The van der Waals surface area contributed by atoms with Crippen molar-refractivity contribution >= 4 is 5.97 Å². The summed E-state index contributed by atoms with van der Waals surface area (Å²) in [7, 11) is 0. The number of rotatable bonds is 5. The quantitative estimate of drug-likeness (QED) is 0.889. The van der Waals surface area contributed by atoms with Crippen molar-refractivity contribution in [2.24, 2.45) is 0 Å². The van der Waals surface area contributed by atoms with Gasteiger partial charge in [0, 0.05) is 36.5 Å². The molecule has 0 aliphatic heterocycles. The normalized spacial score (nSPS) is 10.4. The van der Waals surface area contributed by atoms with Crippen LogP contribution in [0.3, 0.4) is 0 Å². The fourth-order valence-corrected chi connectivity index (χ4v) is 1.81. The summed E-state index contributed by atoms with van der Waals surface area (Å²) in [5, 5.41) is 8.63. The van der Waals surface area contributed by atoms with Gasteiger partial charge in [-0.05, 0) is 31.5 Å². The van der Waals surface area contributed by atoms with Crippen LogP contribution in [0.2, 0.25) is 0 Å². The Morgan fingerprint density at radius 2 is 2.00 bits per heavy atom. The molecule has 2 aromatic heterocycles. The molecule has 0 radical (unpaired) electrons. The zero-order chi connectivity index (χ0) is 13.7. The molecule has 0 aromatic carbocycles. The summed E-state index contributed by atoms with van der Waals surface area (Å²) in [4.78, 5) is 23.3. The van der Waals surface area contributed by atoms with Gasteiger partial charge in [0.15, 0.2) is 0 Å². The Labute approximate surface area is 111 Å². The molecule has 98 valence electrons. The second-order valence-corrected chi connectivity index (χ2v) is 4.29. The topological polar surface area (TPSA) is 76.0 Å². The molecular weight excluding hydrogens is 242 g/mol. The van der Waals surface area contributed by atoms with Crippen molar-refractivity contribution < 1.29 is 9.90 Å². The van der Waals surface area contributed by atoms with Crippen LogP contribution in [0.4, 0.5) is 0 Å². The molecule has 5 heteroatoms. The van der Waals surface area contributed by atoms with Crippen LogP contribution in [0.15, 0.2) is 30.6 Å². The number of hydrogen-bond acceptors (Lipinski definition) is 4. The average molecular weight is 257 g/mol. The lowest BCUT2D eigenvalue weighted by molar-refractivity contribution is -0.137. The third kappa shape index (κ3) is 3.84. The largest absolute Gasteiger partial charge is 0.481 e. The summed E-state index contributed by atoms with van der Waals surface area (Å²) >= 11 is 0. The zero-order valence-corrected chi connectivity index (χ0v) is 10.7. The van der Waals surface area contributed by atoms with Gasteiger partial charge >= 0.3 is 5.97 Å². The van der Waals surface area contributed by atoms with Crippen LogP contribution in [0, 0.1) is 6.92 Å². The number of carbonyl (C=O) groups is 1. The highest BCUT2D eigenvalue weighted by atomic mass is 16.4. The Kier molecular flexibility index (Phi) is 4.18. The molecule has 2 heterocycles. The van der Waals surface area contributed by atoms with E-state index in [1.807, 2.05) is 25.1 Å². The first-order valence-electron chi connectivity index (χ1n) is 6.12. The van der Waals surface area contributed by atoms with Crippen molar-refractivity contribution in [2.75, 3.05) is 0 Å². The minimum Gasteiger partial charge on any atom is -0.481 e. The van der Waals surface area contributed by atoms with Crippen molar-refractivity contribution in [3.8, 4) is 11.3 Å². The molecule has 0 atom stereocenters. The van der Waals surface area contributed by atoms with E-state index in [9.17, 15) is 4.79 Å². The molecule has 0 bridgehead atoms. The molecule has 5 nitrogen and oxygen atoms in total. The van der Waals surface area contributed by atoms with Crippen LogP contribution in [0.25, 0.3) is 11.3 Å². The van der Waals surface area contributed by atoms with E-state index in [4.69, 9.17) is 5.11 Å². The van der Waals surface area contributed by atoms with E-state index >= 15 is 0 Å². The fraction of sp³-hybridized carbons (Fsp3) is 0.286.